The Hall–Kier alpha value is -1.41. The number of sulfonamides is 1. The standard InChI is InChI=1S/C9H15N3O4S/c1-4-7(9(13)14)12(3)17(15,16)8-5-6-10-11(8)2/h5-7H,4H2,1-3H3,(H,13,14). The minimum absolute atomic E-state index is 0.0281. The molecule has 0 radical (unpaired) electrons. The van der Waals surface area contributed by atoms with E-state index in [4.69, 9.17) is 5.11 Å². The van der Waals surface area contributed by atoms with Gasteiger partial charge in [0.2, 0.25) is 0 Å². The maximum atomic E-state index is 12.1. The van der Waals surface area contributed by atoms with E-state index in [9.17, 15) is 13.2 Å². The van der Waals surface area contributed by atoms with Gasteiger partial charge in [-0.3, -0.25) is 9.48 Å². The zero-order valence-corrected chi connectivity index (χ0v) is 10.7. The van der Waals surface area contributed by atoms with Crippen LogP contribution < -0.4 is 0 Å². The van der Waals surface area contributed by atoms with Crippen LogP contribution in [0.25, 0.3) is 0 Å². The molecule has 0 aliphatic carbocycles. The first-order valence-electron chi connectivity index (χ1n) is 5.01. The Kier molecular flexibility index (Phi) is 3.89. The number of hydrogen-bond donors (Lipinski definition) is 1. The fourth-order valence-electron chi connectivity index (χ4n) is 1.52. The first-order valence-corrected chi connectivity index (χ1v) is 6.45. The highest BCUT2D eigenvalue weighted by molar-refractivity contribution is 7.89. The molecule has 1 N–H and O–H groups in total. The van der Waals surface area contributed by atoms with Crippen LogP contribution in [0.15, 0.2) is 17.3 Å². The van der Waals surface area contributed by atoms with Crippen molar-refractivity contribution < 1.29 is 18.3 Å². The number of rotatable bonds is 5. The Balaban J connectivity index is 3.15. The van der Waals surface area contributed by atoms with Gasteiger partial charge in [0.05, 0.1) is 6.20 Å². The van der Waals surface area contributed by atoms with E-state index in [2.05, 4.69) is 5.10 Å². The highest BCUT2D eigenvalue weighted by Crippen LogP contribution is 2.16. The van der Waals surface area contributed by atoms with Crippen molar-refractivity contribution in [2.45, 2.75) is 24.4 Å². The van der Waals surface area contributed by atoms with E-state index in [1.165, 1.54) is 31.0 Å². The molecule has 0 amide bonds. The Bertz CT molecular complexity index is 508. The topological polar surface area (TPSA) is 92.5 Å². The van der Waals surface area contributed by atoms with Crippen molar-refractivity contribution in [1.82, 2.24) is 14.1 Å². The van der Waals surface area contributed by atoms with E-state index in [0.29, 0.717) is 0 Å². The minimum atomic E-state index is -3.83. The van der Waals surface area contributed by atoms with E-state index in [1.54, 1.807) is 6.92 Å². The van der Waals surface area contributed by atoms with Gasteiger partial charge in [-0.15, -0.1) is 0 Å². The van der Waals surface area contributed by atoms with Crippen LogP contribution in [-0.4, -0.2) is 46.7 Å². The van der Waals surface area contributed by atoms with Gasteiger partial charge in [-0.05, 0) is 12.5 Å². The number of aromatic nitrogens is 2. The smallest absolute Gasteiger partial charge is 0.321 e. The highest BCUT2D eigenvalue weighted by atomic mass is 32.2. The van der Waals surface area contributed by atoms with Crippen molar-refractivity contribution >= 4 is 16.0 Å². The van der Waals surface area contributed by atoms with E-state index in [1.807, 2.05) is 0 Å². The molecule has 0 aromatic carbocycles. The minimum Gasteiger partial charge on any atom is -0.480 e. The van der Waals surface area contributed by atoms with Crippen LogP contribution in [0.5, 0.6) is 0 Å². The van der Waals surface area contributed by atoms with Gasteiger partial charge in [-0.25, -0.2) is 8.42 Å². The fraction of sp³-hybridized carbons (Fsp3) is 0.556. The molecule has 8 heteroatoms. The third-order valence-electron chi connectivity index (χ3n) is 2.53. The molecule has 1 heterocycles. The van der Waals surface area contributed by atoms with Gasteiger partial charge in [-0.2, -0.15) is 9.40 Å². The van der Waals surface area contributed by atoms with Crippen molar-refractivity contribution in [1.29, 1.82) is 0 Å². The molecule has 0 saturated carbocycles. The summed E-state index contributed by atoms with van der Waals surface area (Å²) in [6.45, 7) is 1.62. The second kappa shape index (κ2) is 4.84. The van der Waals surface area contributed by atoms with Gasteiger partial charge < -0.3 is 5.11 Å². The quantitative estimate of drug-likeness (QED) is 0.799. The highest BCUT2D eigenvalue weighted by Gasteiger charge is 2.33. The van der Waals surface area contributed by atoms with E-state index in [0.717, 1.165) is 4.31 Å². The molecule has 1 atom stereocenters. The molecule has 0 aliphatic heterocycles. The molecular formula is C9H15N3O4S. The van der Waals surface area contributed by atoms with Crippen LogP contribution in [-0.2, 0) is 21.9 Å². The lowest BCUT2D eigenvalue weighted by Gasteiger charge is -2.22. The zero-order chi connectivity index (χ0) is 13.2. The number of hydrogen-bond acceptors (Lipinski definition) is 4. The summed E-state index contributed by atoms with van der Waals surface area (Å²) >= 11 is 0. The van der Waals surface area contributed by atoms with E-state index >= 15 is 0 Å². The summed E-state index contributed by atoms with van der Waals surface area (Å²) in [5, 5.41) is 12.7. The maximum absolute atomic E-state index is 12.1. The molecule has 1 rings (SSSR count). The monoisotopic (exact) mass is 261 g/mol. The molecule has 1 aromatic heterocycles. The summed E-state index contributed by atoms with van der Waals surface area (Å²) in [6.07, 6.45) is 1.55. The predicted octanol–water partition coefficient (Wildman–Crippen LogP) is -0.0962. The number of carboxylic acids is 1. The van der Waals surface area contributed by atoms with Crippen LogP contribution in [0.1, 0.15) is 13.3 Å². The van der Waals surface area contributed by atoms with Crippen molar-refractivity contribution in [3.63, 3.8) is 0 Å². The van der Waals surface area contributed by atoms with Gasteiger partial charge in [-0.1, -0.05) is 6.92 Å². The van der Waals surface area contributed by atoms with E-state index < -0.39 is 22.0 Å². The number of aryl methyl sites for hydroxylation is 1. The molecule has 1 unspecified atom stereocenters. The van der Waals surface area contributed by atoms with Gasteiger partial charge >= 0.3 is 5.97 Å². The summed E-state index contributed by atoms with van der Waals surface area (Å²) in [4.78, 5) is 10.9. The third-order valence-corrected chi connectivity index (χ3v) is 4.47. The Labute approximate surface area is 99.7 Å². The second-order valence-corrected chi connectivity index (χ2v) is 5.52. The lowest BCUT2D eigenvalue weighted by atomic mass is 10.2. The van der Waals surface area contributed by atoms with Crippen LogP contribution in [0, 0.1) is 0 Å². The number of likely N-dealkylation sites (N-methyl/N-ethyl adjacent to an activating group) is 1. The third kappa shape index (κ3) is 2.47. The van der Waals surface area contributed by atoms with Gasteiger partial charge in [0, 0.05) is 14.1 Å². The number of carboxylic acid groups (broad SMARTS) is 1. The second-order valence-electron chi connectivity index (χ2n) is 3.58. The molecule has 0 fully saturated rings. The SMILES string of the molecule is CCC(C(=O)O)N(C)S(=O)(=O)c1ccnn1C. The lowest BCUT2D eigenvalue weighted by molar-refractivity contribution is -0.141. The molecule has 0 saturated heterocycles. The Morgan fingerprint density at radius 1 is 1.65 bits per heavy atom. The Morgan fingerprint density at radius 2 is 2.24 bits per heavy atom. The van der Waals surface area contributed by atoms with Crippen LogP contribution in [0.2, 0.25) is 0 Å². The molecule has 0 spiro atoms. The number of nitrogens with zero attached hydrogens (tertiary/aromatic N) is 3. The summed E-state index contributed by atoms with van der Waals surface area (Å²) in [6, 6.07) is 0.260. The maximum Gasteiger partial charge on any atom is 0.321 e. The zero-order valence-electron chi connectivity index (χ0n) is 9.86. The molecule has 0 bridgehead atoms. The van der Waals surface area contributed by atoms with E-state index in [-0.39, 0.29) is 11.4 Å². The van der Waals surface area contributed by atoms with Gasteiger partial charge in [0.25, 0.3) is 10.0 Å². The first-order chi connectivity index (χ1) is 7.82. The summed E-state index contributed by atoms with van der Waals surface area (Å²) in [5.74, 6) is -1.17. The average Bonchev–Trinajstić information content (AvgIpc) is 2.65. The number of carbonyl (C=O) groups is 1. The lowest BCUT2D eigenvalue weighted by Crippen LogP contribution is -2.42. The first kappa shape index (κ1) is 13.7. The molecule has 7 nitrogen and oxygen atoms in total. The summed E-state index contributed by atoms with van der Waals surface area (Å²) in [5.41, 5.74) is 0. The van der Waals surface area contributed by atoms with Gasteiger partial charge in [0.1, 0.15) is 6.04 Å². The molecular weight excluding hydrogens is 246 g/mol. The van der Waals surface area contributed by atoms with Crippen LogP contribution in [0.3, 0.4) is 0 Å². The molecule has 17 heavy (non-hydrogen) atoms. The van der Waals surface area contributed by atoms with Crippen molar-refractivity contribution in [3.8, 4) is 0 Å². The average molecular weight is 261 g/mol. The van der Waals surface area contributed by atoms with Gasteiger partial charge in [0.15, 0.2) is 5.03 Å². The van der Waals surface area contributed by atoms with Crippen LogP contribution in [0.4, 0.5) is 0 Å². The predicted molar refractivity (Wildman–Crippen MR) is 59.9 cm³/mol. The molecule has 96 valence electrons. The summed E-state index contributed by atoms with van der Waals surface area (Å²) in [7, 11) is -1.09. The normalized spacial score (nSPS) is 13.9. The largest absolute Gasteiger partial charge is 0.480 e. The van der Waals surface area contributed by atoms with Crippen LogP contribution >= 0.6 is 0 Å². The van der Waals surface area contributed by atoms with Crippen molar-refractivity contribution in [3.05, 3.63) is 12.3 Å². The van der Waals surface area contributed by atoms with Crippen molar-refractivity contribution in [2.75, 3.05) is 7.05 Å². The van der Waals surface area contributed by atoms with Crippen molar-refractivity contribution in [2.24, 2.45) is 7.05 Å². The summed E-state index contributed by atoms with van der Waals surface area (Å²) < 4.78 is 26.3. The Morgan fingerprint density at radius 3 is 2.59 bits per heavy atom. The number of aliphatic carboxylic acids is 1. The molecule has 0 aliphatic rings. The fourth-order valence-corrected chi connectivity index (χ4v) is 3.00. The molecule has 1 aromatic rings.